The summed E-state index contributed by atoms with van der Waals surface area (Å²) in [5.41, 5.74) is -0.460. The number of likely N-dealkylation sites (tertiary alicyclic amines) is 1. The van der Waals surface area contributed by atoms with Crippen molar-refractivity contribution in [1.29, 1.82) is 0 Å². The molecule has 3 fully saturated rings. The van der Waals surface area contributed by atoms with Crippen LogP contribution >= 0.6 is 0 Å². The summed E-state index contributed by atoms with van der Waals surface area (Å²) in [6.07, 6.45) is 3.02. The number of aliphatic hydroxyl groups is 1. The average molecular weight is 516 g/mol. The molecule has 3 saturated heterocycles. The van der Waals surface area contributed by atoms with Crippen molar-refractivity contribution in [1.82, 2.24) is 10.2 Å². The highest BCUT2D eigenvalue weighted by Gasteiger charge is 2.75. The number of carbonyl (C=O) groups is 3. The highest BCUT2D eigenvalue weighted by atomic mass is 16.5. The first-order valence-corrected chi connectivity index (χ1v) is 13.7. The van der Waals surface area contributed by atoms with Crippen LogP contribution in [0.3, 0.4) is 0 Å². The van der Waals surface area contributed by atoms with Crippen LogP contribution in [-0.4, -0.2) is 71.3 Å². The Kier molecular flexibility index (Phi) is 8.43. The molecule has 3 aliphatic rings. The maximum Gasteiger partial charge on any atom is 0.245 e. The van der Waals surface area contributed by atoms with Gasteiger partial charge in [-0.1, -0.05) is 27.2 Å². The van der Waals surface area contributed by atoms with Crippen LogP contribution in [0.15, 0.2) is 24.3 Å². The van der Waals surface area contributed by atoms with Gasteiger partial charge in [0.05, 0.1) is 37.2 Å². The van der Waals surface area contributed by atoms with Crippen molar-refractivity contribution in [3.8, 4) is 5.75 Å². The summed E-state index contributed by atoms with van der Waals surface area (Å²) in [5.74, 6) is -1.38. The van der Waals surface area contributed by atoms with Gasteiger partial charge in [-0.05, 0) is 62.8 Å². The molecule has 1 aromatic carbocycles. The fraction of sp³-hybridized carbons (Fsp3) is 0.679. The zero-order chi connectivity index (χ0) is 26.7. The van der Waals surface area contributed by atoms with Gasteiger partial charge in [-0.2, -0.15) is 0 Å². The number of benzene rings is 1. The lowest BCUT2D eigenvalue weighted by molar-refractivity contribution is -0.145. The van der Waals surface area contributed by atoms with Crippen LogP contribution in [0.4, 0.5) is 5.69 Å². The van der Waals surface area contributed by atoms with Crippen molar-refractivity contribution >= 4 is 23.4 Å². The smallest absolute Gasteiger partial charge is 0.245 e. The maximum absolute atomic E-state index is 14.0. The minimum Gasteiger partial charge on any atom is -0.494 e. The molecule has 37 heavy (non-hydrogen) atoms. The van der Waals surface area contributed by atoms with Crippen LogP contribution in [0, 0.1) is 17.8 Å². The number of unbranched alkanes of at least 4 members (excludes halogenated alkanes) is 1. The number of amides is 3. The third-order valence-electron chi connectivity index (χ3n) is 7.90. The quantitative estimate of drug-likeness (QED) is 0.369. The van der Waals surface area contributed by atoms with E-state index in [-0.39, 0.29) is 30.2 Å². The Bertz CT molecular complexity index is 983. The van der Waals surface area contributed by atoms with Crippen LogP contribution in [0.1, 0.15) is 59.8 Å². The predicted octanol–water partition coefficient (Wildman–Crippen LogP) is 2.72. The van der Waals surface area contributed by atoms with Gasteiger partial charge in [0, 0.05) is 12.2 Å². The van der Waals surface area contributed by atoms with Gasteiger partial charge >= 0.3 is 0 Å². The number of ether oxygens (including phenoxy) is 2. The molecule has 204 valence electrons. The van der Waals surface area contributed by atoms with Crippen LogP contribution < -0.4 is 15.4 Å². The molecule has 0 aromatic heterocycles. The Labute approximate surface area is 219 Å². The summed E-state index contributed by atoms with van der Waals surface area (Å²) in [6, 6.07) is 5.72. The van der Waals surface area contributed by atoms with Gasteiger partial charge in [0.2, 0.25) is 17.7 Å². The zero-order valence-corrected chi connectivity index (χ0v) is 22.4. The molecule has 0 radical (unpaired) electrons. The van der Waals surface area contributed by atoms with Gasteiger partial charge in [-0.15, -0.1) is 0 Å². The number of anilines is 1. The number of hydrogen-bond acceptors (Lipinski definition) is 6. The minimum absolute atomic E-state index is 0.211. The highest BCUT2D eigenvalue weighted by Crippen LogP contribution is 2.59. The Hall–Kier alpha value is -2.65. The number of nitrogens with one attached hydrogen (secondary N) is 2. The first-order valence-electron chi connectivity index (χ1n) is 13.7. The molecule has 3 N–H and O–H groups in total. The van der Waals surface area contributed by atoms with Gasteiger partial charge in [0.15, 0.2) is 0 Å². The van der Waals surface area contributed by atoms with E-state index in [1.165, 1.54) is 0 Å². The topological polar surface area (TPSA) is 117 Å². The van der Waals surface area contributed by atoms with Gasteiger partial charge < -0.3 is 30.1 Å². The van der Waals surface area contributed by atoms with Crippen molar-refractivity contribution in [2.24, 2.45) is 17.8 Å². The van der Waals surface area contributed by atoms with Gasteiger partial charge in [-0.25, -0.2) is 0 Å². The molecule has 2 unspecified atom stereocenters. The highest BCUT2D eigenvalue weighted by molar-refractivity contribution is 6.02. The maximum atomic E-state index is 14.0. The van der Waals surface area contributed by atoms with Crippen molar-refractivity contribution in [2.45, 2.75) is 83.6 Å². The molecular weight excluding hydrogens is 474 g/mol. The third kappa shape index (κ3) is 5.08. The molecule has 3 amide bonds. The number of nitrogens with zero attached hydrogens (tertiary/aromatic N) is 1. The zero-order valence-electron chi connectivity index (χ0n) is 22.4. The number of carbonyl (C=O) groups excluding carboxylic acids is 3. The minimum atomic E-state index is -1.07. The van der Waals surface area contributed by atoms with Gasteiger partial charge in [-0.3, -0.25) is 14.4 Å². The molecule has 0 saturated carbocycles. The lowest BCUT2D eigenvalue weighted by Gasteiger charge is -2.37. The second kappa shape index (κ2) is 11.4. The third-order valence-corrected chi connectivity index (χ3v) is 7.90. The van der Waals surface area contributed by atoms with Crippen molar-refractivity contribution < 1.29 is 29.0 Å². The average Bonchev–Trinajstić information content (AvgIpc) is 3.51. The fourth-order valence-corrected chi connectivity index (χ4v) is 6.42. The van der Waals surface area contributed by atoms with Crippen molar-refractivity contribution in [3.05, 3.63) is 24.3 Å². The Balaban J connectivity index is 1.63. The molecule has 3 aliphatic heterocycles. The summed E-state index contributed by atoms with van der Waals surface area (Å²) in [7, 11) is 0. The van der Waals surface area contributed by atoms with Crippen molar-refractivity contribution in [2.75, 3.05) is 25.1 Å². The van der Waals surface area contributed by atoms with E-state index in [1.807, 2.05) is 27.7 Å². The molecule has 4 rings (SSSR count). The normalized spacial score (nSPS) is 28.9. The second-order valence-electron chi connectivity index (χ2n) is 10.9. The number of fused-ring (bicyclic) bond motifs is 1. The Morgan fingerprint density at radius 3 is 2.57 bits per heavy atom. The predicted molar refractivity (Wildman–Crippen MR) is 139 cm³/mol. The Morgan fingerprint density at radius 1 is 1.22 bits per heavy atom. The van der Waals surface area contributed by atoms with Crippen molar-refractivity contribution in [3.63, 3.8) is 0 Å². The van der Waals surface area contributed by atoms with Crippen LogP contribution in [-0.2, 0) is 19.1 Å². The van der Waals surface area contributed by atoms with Crippen LogP contribution in [0.2, 0.25) is 0 Å². The standard InChI is InChI=1S/C28H41N3O6/c1-5-7-14-29-26(34)24-28-13-12-21(37-28)22(23(28)27(35)31(24)19(16-32)15-17(3)4)25(33)30-18-8-10-20(11-9-18)36-6-2/h8-11,17,19,21-24,32H,5-7,12-16H2,1-4H3,(H,29,34)(H,30,33)/t19-,21+,22-,23+,24?,28?/m1/s1. The van der Waals surface area contributed by atoms with E-state index in [0.29, 0.717) is 43.9 Å². The molecule has 1 aromatic rings. The molecule has 6 atom stereocenters. The summed E-state index contributed by atoms with van der Waals surface area (Å²) in [5, 5.41) is 16.2. The number of hydrogen-bond donors (Lipinski definition) is 3. The lowest BCUT2D eigenvalue weighted by atomic mass is 9.70. The molecule has 9 nitrogen and oxygen atoms in total. The molecule has 0 aliphatic carbocycles. The SMILES string of the molecule is CCCCNC(=O)C1N([C@@H](CO)CC(C)C)C(=O)[C@@H]2[C@H](C(=O)Nc3ccc(OCC)cc3)[C@@H]3CCC12O3. The van der Waals surface area contributed by atoms with E-state index in [1.54, 1.807) is 29.2 Å². The van der Waals surface area contributed by atoms with E-state index < -0.39 is 35.6 Å². The summed E-state index contributed by atoms with van der Waals surface area (Å²) < 4.78 is 11.9. The van der Waals surface area contributed by atoms with E-state index in [4.69, 9.17) is 9.47 Å². The fourth-order valence-electron chi connectivity index (χ4n) is 6.42. The number of aliphatic hydroxyl groups excluding tert-OH is 1. The van der Waals surface area contributed by atoms with E-state index in [2.05, 4.69) is 10.6 Å². The summed E-state index contributed by atoms with van der Waals surface area (Å²) in [6.45, 7) is 8.80. The van der Waals surface area contributed by atoms with Gasteiger partial charge in [0.1, 0.15) is 17.4 Å². The first kappa shape index (κ1) is 27.4. The molecular formula is C28H41N3O6. The monoisotopic (exact) mass is 515 g/mol. The van der Waals surface area contributed by atoms with E-state index >= 15 is 0 Å². The Morgan fingerprint density at radius 2 is 1.95 bits per heavy atom. The summed E-state index contributed by atoms with van der Waals surface area (Å²) in [4.78, 5) is 42.7. The first-order chi connectivity index (χ1) is 17.8. The van der Waals surface area contributed by atoms with E-state index in [9.17, 15) is 19.5 Å². The van der Waals surface area contributed by atoms with E-state index in [0.717, 1.165) is 12.8 Å². The largest absolute Gasteiger partial charge is 0.494 e. The summed E-state index contributed by atoms with van der Waals surface area (Å²) >= 11 is 0. The number of rotatable bonds is 12. The van der Waals surface area contributed by atoms with Crippen LogP contribution in [0.25, 0.3) is 0 Å². The lowest BCUT2D eigenvalue weighted by Crippen LogP contribution is -2.58. The molecule has 2 bridgehead atoms. The molecule has 3 heterocycles. The molecule has 1 spiro atoms. The molecule has 9 heteroatoms. The van der Waals surface area contributed by atoms with Gasteiger partial charge in [0.25, 0.3) is 0 Å². The second-order valence-corrected chi connectivity index (χ2v) is 10.9. The van der Waals surface area contributed by atoms with Crippen LogP contribution in [0.5, 0.6) is 5.75 Å².